The number of nitrogens with zero attached hydrogens (tertiary/aromatic N) is 4. The predicted molar refractivity (Wildman–Crippen MR) is 72.1 cm³/mol. The van der Waals surface area contributed by atoms with Gasteiger partial charge in [-0.3, -0.25) is 0 Å². The van der Waals surface area contributed by atoms with Gasteiger partial charge in [-0.05, 0) is 24.3 Å². The predicted octanol–water partition coefficient (Wildman–Crippen LogP) is 1.79. The molecular formula is C14H10N4O2. The lowest BCUT2D eigenvalue weighted by Gasteiger charge is -2.17. The SMILES string of the molecule is N#CCN(CC#N)c1ccc2c(C(=O)O)cccc2n1. The number of rotatable bonds is 4. The summed E-state index contributed by atoms with van der Waals surface area (Å²) in [6.45, 7) is 0.0926. The molecule has 0 aliphatic carbocycles. The lowest BCUT2D eigenvalue weighted by molar-refractivity contribution is 0.0699. The second kappa shape index (κ2) is 5.68. The van der Waals surface area contributed by atoms with Gasteiger partial charge in [-0.2, -0.15) is 10.5 Å². The molecule has 0 amide bonds. The van der Waals surface area contributed by atoms with Crippen LogP contribution in [0.15, 0.2) is 30.3 Å². The largest absolute Gasteiger partial charge is 0.478 e. The highest BCUT2D eigenvalue weighted by Crippen LogP contribution is 2.21. The summed E-state index contributed by atoms with van der Waals surface area (Å²) in [4.78, 5) is 17.0. The van der Waals surface area contributed by atoms with Crippen molar-refractivity contribution in [2.45, 2.75) is 0 Å². The van der Waals surface area contributed by atoms with Crippen molar-refractivity contribution >= 4 is 22.7 Å². The van der Waals surface area contributed by atoms with E-state index in [0.717, 1.165) is 0 Å². The van der Waals surface area contributed by atoms with Crippen LogP contribution in [0.4, 0.5) is 5.82 Å². The molecule has 1 heterocycles. The first-order chi connectivity index (χ1) is 9.67. The van der Waals surface area contributed by atoms with Gasteiger partial charge in [0, 0.05) is 5.39 Å². The number of aromatic carboxylic acids is 1. The number of carboxylic acid groups (broad SMARTS) is 1. The Balaban J connectivity index is 2.52. The van der Waals surface area contributed by atoms with Crippen LogP contribution in [0.5, 0.6) is 0 Å². The van der Waals surface area contributed by atoms with Gasteiger partial charge in [-0.25, -0.2) is 9.78 Å². The molecule has 98 valence electrons. The van der Waals surface area contributed by atoms with Gasteiger partial charge in [0.25, 0.3) is 0 Å². The molecular weight excluding hydrogens is 256 g/mol. The average Bonchev–Trinajstić information content (AvgIpc) is 2.45. The van der Waals surface area contributed by atoms with E-state index in [1.54, 1.807) is 24.3 Å². The molecule has 1 N–H and O–H groups in total. The number of benzene rings is 1. The van der Waals surface area contributed by atoms with E-state index in [-0.39, 0.29) is 18.7 Å². The molecule has 2 rings (SSSR count). The Labute approximate surface area is 115 Å². The third-order valence-corrected chi connectivity index (χ3v) is 2.79. The van der Waals surface area contributed by atoms with Gasteiger partial charge >= 0.3 is 5.97 Å². The maximum atomic E-state index is 11.1. The monoisotopic (exact) mass is 266 g/mol. The molecule has 6 nitrogen and oxygen atoms in total. The van der Waals surface area contributed by atoms with Crippen molar-refractivity contribution in [3.8, 4) is 12.1 Å². The van der Waals surface area contributed by atoms with Crippen molar-refractivity contribution < 1.29 is 9.90 Å². The van der Waals surface area contributed by atoms with E-state index in [1.165, 1.54) is 11.0 Å². The van der Waals surface area contributed by atoms with Gasteiger partial charge in [0.15, 0.2) is 0 Å². The van der Waals surface area contributed by atoms with E-state index >= 15 is 0 Å². The Morgan fingerprint density at radius 3 is 2.50 bits per heavy atom. The maximum absolute atomic E-state index is 11.1. The first kappa shape index (κ1) is 13.3. The van der Waals surface area contributed by atoms with Gasteiger partial charge in [-0.1, -0.05) is 6.07 Å². The average molecular weight is 266 g/mol. The fraction of sp³-hybridized carbons (Fsp3) is 0.143. The number of hydrogen-bond acceptors (Lipinski definition) is 5. The van der Waals surface area contributed by atoms with E-state index in [0.29, 0.717) is 16.7 Å². The van der Waals surface area contributed by atoms with Crippen molar-refractivity contribution in [2.75, 3.05) is 18.0 Å². The minimum atomic E-state index is -1.02. The number of hydrogen-bond donors (Lipinski definition) is 1. The van der Waals surface area contributed by atoms with Crippen LogP contribution in [-0.2, 0) is 0 Å². The summed E-state index contributed by atoms with van der Waals surface area (Å²) in [7, 11) is 0. The van der Waals surface area contributed by atoms with E-state index in [9.17, 15) is 4.79 Å². The van der Waals surface area contributed by atoms with Crippen LogP contribution < -0.4 is 4.90 Å². The molecule has 0 saturated heterocycles. The lowest BCUT2D eigenvalue weighted by atomic mass is 10.1. The maximum Gasteiger partial charge on any atom is 0.336 e. The molecule has 0 aliphatic rings. The zero-order valence-corrected chi connectivity index (χ0v) is 10.4. The summed E-state index contributed by atoms with van der Waals surface area (Å²) < 4.78 is 0. The minimum absolute atomic E-state index is 0.0463. The molecule has 0 radical (unpaired) electrons. The Morgan fingerprint density at radius 2 is 1.90 bits per heavy atom. The van der Waals surface area contributed by atoms with E-state index in [4.69, 9.17) is 15.6 Å². The van der Waals surface area contributed by atoms with Crippen LogP contribution in [0.3, 0.4) is 0 Å². The second-order valence-electron chi connectivity index (χ2n) is 4.02. The molecule has 1 aromatic carbocycles. The molecule has 6 heteroatoms. The molecule has 0 unspecified atom stereocenters. The van der Waals surface area contributed by atoms with Crippen molar-refractivity contribution in [3.05, 3.63) is 35.9 Å². The van der Waals surface area contributed by atoms with Gasteiger partial charge in [0.2, 0.25) is 0 Å². The third-order valence-electron chi connectivity index (χ3n) is 2.79. The van der Waals surface area contributed by atoms with Crippen LogP contribution in [-0.4, -0.2) is 29.1 Å². The number of anilines is 1. The third kappa shape index (κ3) is 2.50. The molecule has 0 aliphatic heterocycles. The summed E-state index contributed by atoms with van der Waals surface area (Å²) in [6, 6.07) is 12.0. The molecule has 20 heavy (non-hydrogen) atoms. The molecule has 0 saturated carbocycles. The van der Waals surface area contributed by atoms with Gasteiger partial charge in [-0.15, -0.1) is 0 Å². The Kier molecular flexibility index (Phi) is 3.78. The normalized spacial score (nSPS) is 9.70. The Morgan fingerprint density at radius 1 is 1.20 bits per heavy atom. The van der Waals surface area contributed by atoms with Crippen molar-refractivity contribution in [1.29, 1.82) is 10.5 Å². The Hall–Kier alpha value is -3.12. The second-order valence-corrected chi connectivity index (χ2v) is 4.02. The van der Waals surface area contributed by atoms with Crippen molar-refractivity contribution in [2.24, 2.45) is 0 Å². The van der Waals surface area contributed by atoms with Crippen LogP contribution in [0, 0.1) is 22.7 Å². The zero-order valence-electron chi connectivity index (χ0n) is 10.4. The summed E-state index contributed by atoms with van der Waals surface area (Å²) in [5.41, 5.74) is 0.692. The highest BCUT2D eigenvalue weighted by molar-refractivity contribution is 6.02. The summed E-state index contributed by atoms with van der Waals surface area (Å²) in [5.74, 6) is -0.542. The quantitative estimate of drug-likeness (QED) is 0.846. The molecule has 0 fully saturated rings. The number of nitriles is 2. The molecule has 0 bridgehead atoms. The van der Waals surface area contributed by atoms with Crippen LogP contribution >= 0.6 is 0 Å². The minimum Gasteiger partial charge on any atom is -0.478 e. The number of fused-ring (bicyclic) bond motifs is 1. The molecule has 0 spiro atoms. The summed E-state index contributed by atoms with van der Waals surface area (Å²) in [5, 5.41) is 27.1. The van der Waals surface area contributed by atoms with Gasteiger partial charge in [0.05, 0.1) is 23.2 Å². The highest BCUT2D eigenvalue weighted by Gasteiger charge is 2.12. The zero-order chi connectivity index (χ0) is 14.5. The summed E-state index contributed by atoms with van der Waals surface area (Å²) >= 11 is 0. The number of carboxylic acids is 1. The number of pyridine rings is 1. The molecule has 2 aromatic rings. The summed E-state index contributed by atoms with van der Waals surface area (Å²) in [6.07, 6.45) is 0. The fourth-order valence-corrected chi connectivity index (χ4v) is 1.90. The topological polar surface area (TPSA) is 101 Å². The number of aromatic nitrogens is 1. The van der Waals surface area contributed by atoms with Crippen LogP contribution in [0.1, 0.15) is 10.4 Å². The highest BCUT2D eigenvalue weighted by atomic mass is 16.4. The van der Waals surface area contributed by atoms with Gasteiger partial charge < -0.3 is 10.0 Å². The van der Waals surface area contributed by atoms with Gasteiger partial charge in [0.1, 0.15) is 18.9 Å². The van der Waals surface area contributed by atoms with Crippen LogP contribution in [0.25, 0.3) is 10.9 Å². The number of carbonyl (C=O) groups is 1. The van der Waals surface area contributed by atoms with E-state index in [1.807, 2.05) is 12.1 Å². The lowest BCUT2D eigenvalue weighted by Crippen LogP contribution is -2.24. The fourth-order valence-electron chi connectivity index (χ4n) is 1.90. The van der Waals surface area contributed by atoms with Crippen molar-refractivity contribution in [1.82, 2.24) is 4.98 Å². The van der Waals surface area contributed by atoms with E-state index in [2.05, 4.69) is 4.98 Å². The van der Waals surface area contributed by atoms with Crippen molar-refractivity contribution in [3.63, 3.8) is 0 Å². The smallest absolute Gasteiger partial charge is 0.336 e. The standard InChI is InChI=1S/C14H10N4O2/c15-6-8-18(9-7-16)13-5-4-10-11(14(19)20)2-1-3-12(10)17-13/h1-5H,8-9H2,(H,19,20). The Bertz CT molecular complexity index is 727. The van der Waals surface area contributed by atoms with Crippen LogP contribution in [0.2, 0.25) is 0 Å². The molecule has 1 aromatic heterocycles. The van der Waals surface area contributed by atoms with E-state index < -0.39 is 5.97 Å². The molecule has 0 atom stereocenters. The first-order valence-corrected chi connectivity index (χ1v) is 5.79. The first-order valence-electron chi connectivity index (χ1n) is 5.79.